The highest BCUT2D eigenvalue weighted by molar-refractivity contribution is 5.91. The third-order valence-corrected chi connectivity index (χ3v) is 6.72. The zero-order valence-corrected chi connectivity index (χ0v) is 21.4. The van der Waals surface area contributed by atoms with Gasteiger partial charge in [0.2, 0.25) is 0 Å². The second kappa shape index (κ2) is 11.7. The van der Waals surface area contributed by atoms with E-state index in [0.717, 1.165) is 35.4 Å². The van der Waals surface area contributed by atoms with Gasteiger partial charge in [-0.1, -0.05) is 0 Å². The Hall–Kier alpha value is -2.83. The van der Waals surface area contributed by atoms with Crippen LogP contribution in [-0.2, 0) is 18.3 Å². The standard InChI is InChI=1S/C25H35F3N6O3/c1-16-11-23(32-34(16)9-4-10-36-3)31-20-12-19(13-21-24(20)30-15-33(21)2)37-18-7-5-17(6-8-18)29-14-22(35)25(26,27)28/h11-13,15,17-18,22,29,35H,4-10,14H2,1-3H3,(H,31,32). The largest absolute Gasteiger partial charge is 0.490 e. The molecule has 2 aromatic heterocycles. The molecule has 1 unspecified atom stereocenters. The van der Waals surface area contributed by atoms with Gasteiger partial charge in [-0.05, 0) is 39.0 Å². The quantitative estimate of drug-likeness (QED) is 0.326. The first kappa shape index (κ1) is 27.2. The molecule has 9 nitrogen and oxygen atoms in total. The Balaban J connectivity index is 1.41. The molecule has 3 aromatic rings. The number of aryl methyl sites for hydroxylation is 3. The fraction of sp³-hybridized carbons (Fsp3) is 0.600. The third kappa shape index (κ3) is 6.93. The average Bonchev–Trinajstić information content (AvgIpc) is 3.40. The molecule has 0 bridgehead atoms. The number of methoxy groups -OCH3 is 1. The van der Waals surface area contributed by atoms with Gasteiger partial charge >= 0.3 is 6.18 Å². The van der Waals surface area contributed by atoms with Crippen molar-refractivity contribution >= 4 is 22.5 Å². The van der Waals surface area contributed by atoms with Crippen LogP contribution in [0.2, 0.25) is 0 Å². The smallest absolute Gasteiger partial charge is 0.415 e. The van der Waals surface area contributed by atoms with Crippen molar-refractivity contribution < 1.29 is 27.8 Å². The van der Waals surface area contributed by atoms with Gasteiger partial charge in [0.25, 0.3) is 0 Å². The number of hydrogen-bond acceptors (Lipinski definition) is 7. The normalized spacial score (nSPS) is 19.3. The van der Waals surface area contributed by atoms with Crippen molar-refractivity contribution in [3.63, 3.8) is 0 Å². The van der Waals surface area contributed by atoms with Crippen molar-refractivity contribution in [1.29, 1.82) is 0 Å². The SMILES string of the molecule is COCCCn1nc(Nc2cc(OC3CCC(NCC(O)C(F)(F)F)CC3)cc3c2ncn3C)cc1C. The number of hydrogen-bond donors (Lipinski definition) is 3. The number of alkyl halides is 3. The van der Waals surface area contributed by atoms with E-state index in [1.165, 1.54) is 0 Å². The monoisotopic (exact) mass is 524 g/mol. The van der Waals surface area contributed by atoms with Crippen LogP contribution in [0.25, 0.3) is 11.0 Å². The van der Waals surface area contributed by atoms with Gasteiger partial charge < -0.3 is 29.8 Å². The number of aliphatic hydroxyl groups excluding tert-OH is 1. The lowest BCUT2D eigenvalue weighted by molar-refractivity contribution is -0.202. The van der Waals surface area contributed by atoms with Gasteiger partial charge in [0, 0.05) is 63.8 Å². The van der Waals surface area contributed by atoms with Crippen molar-refractivity contribution in [3.05, 3.63) is 30.2 Å². The Bertz CT molecular complexity index is 1170. The molecule has 0 spiro atoms. The Morgan fingerprint density at radius 1 is 1.19 bits per heavy atom. The van der Waals surface area contributed by atoms with Crippen LogP contribution in [0.3, 0.4) is 0 Å². The van der Waals surface area contributed by atoms with Gasteiger partial charge in [-0.2, -0.15) is 18.3 Å². The maximum Gasteiger partial charge on any atom is 0.415 e. The molecule has 1 aliphatic carbocycles. The minimum absolute atomic E-state index is 0.0497. The average molecular weight is 525 g/mol. The fourth-order valence-corrected chi connectivity index (χ4v) is 4.63. The highest BCUT2D eigenvalue weighted by atomic mass is 19.4. The summed E-state index contributed by atoms with van der Waals surface area (Å²) in [7, 11) is 3.60. The first-order chi connectivity index (χ1) is 17.6. The summed E-state index contributed by atoms with van der Waals surface area (Å²) < 4.78 is 53.0. The molecule has 3 N–H and O–H groups in total. The molecule has 1 atom stereocenters. The molecule has 2 heterocycles. The van der Waals surface area contributed by atoms with E-state index in [1.807, 2.05) is 41.4 Å². The lowest BCUT2D eigenvalue weighted by Crippen LogP contribution is -2.44. The number of ether oxygens (including phenoxy) is 2. The van der Waals surface area contributed by atoms with Crippen LogP contribution in [-0.4, -0.2) is 69.1 Å². The van der Waals surface area contributed by atoms with Crippen LogP contribution in [0, 0.1) is 6.92 Å². The van der Waals surface area contributed by atoms with E-state index in [0.29, 0.717) is 43.9 Å². The minimum Gasteiger partial charge on any atom is -0.490 e. The zero-order valence-electron chi connectivity index (χ0n) is 21.4. The number of nitrogens with zero attached hydrogens (tertiary/aromatic N) is 4. The highest BCUT2D eigenvalue weighted by Crippen LogP contribution is 2.33. The van der Waals surface area contributed by atoms with Gasteiger partial charge in [-0.25, -0.2) is 4.98 Å². The molecular formula is C25H35F3N6O3. The Morgan fingerprint density at radius 3 is 2.65 bits per heavy atom. The molecule has 4 rings (SSSR count). The van der Waals surface area contributed by atoms with Crippen molar-refractivity contribution in [1.82, 2.24) is 24.6 Å². The second-order valence-corrected chi connectivity index (χ2v) is 9.62. The van der Waals surface area contributed by atoms with Crippen molar-refractivity contribution in [2.45, 2.75) is 70.0 Å². The zero-order chi connectivity index (χ0) is 26.6. The van der Waals surface area contributed by atoms with Crippen LogP contribution < -0.4 is 15.4 Å². The first-order valence-electron chi connectivity index (χ1n) is 12.5. The molecule has 0 amide bonds. The Morgan fingerprint density at radius 2 is 1.95 bits per heavy atom. The third-order valence-electron chi connectivity index (χ3n) is 6.72. The van der Waals surface area contributed by atoms with E-state index in [2.05, 4.69) is 20.7 Å². The predicted molar refractivity (Wildman–Crippen MR) is 134 cm³/mol. The number of imidazole rings is 1. The van der Waals surface area contributed by atoms with Crippen molar-refractivity contribution in [2.24, 2.45) is 7.05 Å². The summed E-state index contributed by atoms with van der Waals surface area (Å²) in [5.74, 6) is 1.41. The topological polar surface area (TPSA) is 98.4 Å². The predicted octanol–water partition coefficient (Wildman–Crippen LogP) is 4.06. The maximum absolute atomic E-state index is 12.5. The molecule has 1 saturated carbocycles. The lowest BCUT2D eigenvalue weighted by atomic mass is 9.93. The summed E-state index contributed by atoms with van der Waals surface area (Å²) in [6.07, 6.45) is -1.63. The van der Waals surface area contributed by atoms with Gasteiger partial charge in [-0.3, -0.25) is 4.68 Å². The molecule has 0 aliphatic heterocycles. The lowest BCUT2D eigenvalue weighted by Gasteiger charge is -2.30. The second-order valence-electron chi connectivity index (χ2n) is 9.62. The van der Waals surface area contributed by atoms with Crippen LogP contribution >= 0.6 is 0 Å². The summed E-state index contributed by atoms with van der Waals surface area (Å²) in [5, 5.41) is 20.1. The molecule has 12 heteroatoms. The summed E-state index contributed by atoms with van der Waals surface area (Å²) in [5.41, 5.74) is 3.54. The molecule has 0 saturated heterocycles. The van der Waals surface area contributed by atoms with E-state index < -0.39 is 18.8 Å². The van der Waals surface area contributed by atoms with Crippen LogP contribution in [0.5, 0.6) is 5.75 Å². The van der Waals surface area contributed by atoms with Gasteiger partial charge in [0.05, 0.1) is 23.6 Å². The number of fused-ring (bicyclic) bond motifs is 1. The molecule has 204 valence electrons. The van der Waals surface area contributed by atoms with E-state index in [4.69, 9.17) is 9.47 Å². The number of anilines is 2. The number of halogens is 3. The van der Waals surface area contributed by atoms with Crippen LogP contribution in [0.4, 0.5) is 24.7 Å². The summed E-state index contributed by atoms with van der Waals surface area (Å²) in [6, 6.07) is 5.78. The summed E-state index contributed by atoms with van der Waals surface area (Å²) in [4.78, 5) is 4.54. The van der Waals surface area contributed by atoms with Crippen LogP contribution in [0.1, 0.15) is 37.8 Å². The van der Waals surface area contributed by atoms with Crippen LogP contribution in [0.15, 0.2) is 24.5 Å². The molecule has 0 radical (unpaired) electrons. The maximum atomic E-state index is 12.5. The highest BCUT2D eigenvalue weighted by Gasteiger charge is 2.38. The molecule has 1 fully saturated rings. The number of benzene rings is 1. The molecular weight excluding hydrogens is 489 g/mol. The van der Waals surface area contributed by atoms with Gasteiger partial charge in [0.1, 0.15) is 11.3 Å². The molecule has 1 aliphatic rings. The number of aliphatic hydroxyl groups is 1. The fourth-order valence-electron chi connectivity index (χ4n) is 4.63. The first-order valence-corrected chi connectivity index (χ1v) is 12.5. The Kier molecular flexibility index (Phi) is 8.60. The number of aromatic nitrogens is 4. The van der Waals surface area contributed by atoms with Gasteiger partial charge in [-0.15, -0.1) is 0 Å². The molecule has 37 heavy (non-hydrogen) atoms. The van der Waals surface area contributed by atoms with Crippen molar-refractivity contribution in [2.75, 3.05) is 25.6 Å². The number of nitrogens with one attached hydrogen (secondary N) is 2. The van der Waals surface area contributed by atoms with E-state index in [9.17, 15) is 18.3 Å². The van der Waals surface area contributed by atoms with E-state index >= 15 is 0 Å². The number of rotatable bonds is 11. The minimum atomic E-state index is -4.61. The summed E-state index contributed by atoms with van der Waals surface area (Å²) in [6.45, 7) is 2.95. The summed E-state index contributed by atoms with van der Waals surface area (Å²) >= 11 is 0. The Labute approximate surface area is 214 Å². The van der Waals surface area contributed by atoms with E-state index in [-0.39, 0.29) is 12.1 Å². The van der Waals surface area contributed by atoms with Crippen molar-refractivity contribution in [3.8, 4) is 5.75 Å². The van der Waals surface area contributed by atoms with E-state index in [1.54, 1.807) is 13.4 Å². The molecule has 1 aromatic carbocycles. The van der Waals surface area contributed by atoms with Gasteiger partial charge in [0.15, 0.2) is 11.9 Å².